The van der Waals surface area contributed by atoms with Crippen molar-refractivity contribution in [2.45, 2.75) is 26.9 Å². The van der Waals surface area contributed by atoms with Gasteiger partial charge in [0.2, 0.25) is 0 Å². The van der Waals surface area contributed by atoms with Crippen LogP contribution < -0.4 is 10.5 Å². The van der Waals surface area contributed by atoms with Crippen LogP contribution in [0.4, 0.5) is 5.69 Å². The Balaban J connectivity index is 2.37. The molecule has 0 unspecified atom stereocenters. The fraction of sp³-hybridized carbons (Fsp3) is 0.571. The van der Waals surface area contributed by atoms with Crippen molar-refractivity contribution in [2.24, 2.45) is 0 Å². The zero-order valence-electron chi connectivity index (χ0n) is 11.3. The lowest BCUT2D eigenvalue weighted by atomic mass is 10.2. The summed E-state index contributed by atoms with van der Waals surface area (Å²) in [5.74, 6) is 0.834. The lowest BCUT2D eigenvalue weighted by Crippen LogP contribution is -2.06. The molecule has 0 spiro atoms. The molecule has 0 saturated carbocycles. The van der Waals surface area contributed by atoms with Crippen molar-refractivity contribution in [3.05, 3.63) is 23.8 Å². The predicted octanol–water partition coefficient (Wildman–Crippen LogP) is 2.61. The van der Waals surface area contributed by atoms with Crippen LogP contribution in [0.5, 0.6) is 5.75 Å². The molecule has 1 rings (SSSR count). The van der Waals surface area contributed by atoms with E-state index in [0.717, 1.165) is 30.0 Å². The Morgan fingerprint density at radius 1 is 1.06 bits per heavy atom. The molecule has 0 saturated heterocycles. The Kier molecular flexibility index (Phi) is 7.22. The van der Waals surface area contributed by atoms with E-state index in [9.17, 15) is 0 Å². The van der Waals surface area contributed by atoms with Crippen LogP contribution >= 0.6 is 0 Å². The van der Waals surface area contributed by atoms with Gasteiger partial charge in [-0.25, -0.2) is 0 Å². The van der Waals surface area contributed by atoms with Crippen molar-refractivity contribution >= 4 is 5.69 Å². The zero-order chi connectivity index (χ0) is 13.2. The van der Waals surface area contributed by atoms with E-state index in [-0.39, 0.29) is 0 Å². The SMILES string of the molecule is CCCOCCOCc1cc(N)ccc1OCC. The van der Waals surface area contributed by atoms with Crippen LogP contribution in [-0.2, 0) is 16.1 Å². The van der Waals surface area contributed by atoms with Gasteiger partial charge in [-0.15, -0.1) is 0 Å². The van der Waals surface area contributed by atoms with Gasteiger partial charge >= 0.3 is 0 Å². The van der Waals surface area contributed by atoms with Crippen LogP contribution in [0.25, 0.3) is 0 Å². The summed E-state index contributed by atoms with van der Waals surface area (Å²) in [4.78, 5) is 0. The summed E-state index contributed by atoms with van der Waals surface area (Å²) >= 11 is 0. The quantitative estimate of drug-likeness (QED) is 0.543. The third-order valence-corrected chi connectivity index (χ3v) is 2.36. The van der Waals surface area contributed by atoms with Crippen molar-refractivity contribution in [2.75, 3.05) is 32.2 Å². The molecule has 0 aliphatic rings. The second kappa shape index (κ2) is 8.78. The van der Waals surface area contributed by atoms with E-state index in [4.69, 9.17) is 19.9 Å². The van der Waals surface area contributed by atoms with Crippen LogP contribution in [0.1, 0.15) is 25.8 Å². The van der Waals surface area contributed by atoms with Gasteiger partial charge in [-0.05, 0) is 31.5 Å². The smallest absolute Gasteiger partial charge is 0.124 e. The van der Waals surface area contributed by atoms with Crippen LogP contribution in [0.15, 0.2) is 18.2 Å². The minimum atomic E-state index is 0.496. The number of nitrogens with two attached hydrogens (primary N) is 1. The van der Waals surface area contributed by atoms with Gasteiger partial charge in [0.25, 0.3) is 0 Å². The van der Waals surface area contributed by atoms with Crippen molar-refractivity contribution in [3.63, 3.8) is 0 Å². The molecule has 0 heterocycles. The number of hydrogen-bond acceptors (Lipinski definition) is 4. The number of rotatable bonds is 9. The van der Waals surface area contributed by atoms with Gasteiger partial charge in [0.05, 0.1) is 26.4 Å². The van der Waals surface area contributed by atoms with Gasteiger partial charge < -0.3 is 19.9 Å². The van der Waals surface area contributed by atoms with Gasteiger partial charge in [0, 0.05) is 17.9 Å². The predicted molar refractivity (Wildman–Crippen MR) is 72.8 cm³/mol. The minimum absolute atomic E-state index is 0.496. The maximum Gasteiger partial charge on any atom is 0.124 e. The lowest BCUT2D eigenvalue weighted by molar-refractivity contribution is 0.0401. The highest BCUT2D eigenvalue weighted by molar-refractivity contribution is 5.47. The molecule has 0 aliphatic carbocycles. The summed E-state index contributed by atoms with van der Waals surface area (Å²) in [6.07, 6.45) is 1.03. The number of anilines is 1. The molecule has 0 aliphatic heterocycles. The van der Waals surface area contributed by atoms with Gasteiger partial charge in [-0.1, -0.05) is 6.92 Å². The van der Waals surface area contributed by atoms with Crippen molar-refractivity contribution < 1.29 is 14.2 Å². The molecule has 2 N–H and O–H groups in total. The number of benzene rings is 1. The first-order valence-electron chi connectivity index (χ1n) is 6.44. The standard InChI is InChI=1S/C14H23NO3/c1-3-7-16-8-9-17-11-12-10-13(15)5-6-14(12)18-4-2/h5-6,10H,3-4,7-9,11,15H2,1-2H3. The average molecular weight is 253 g/mol. The van der Waals surface area contributed by atoms with Gasteiger partial charge in [-0.2, -0.15) is 0 Å². The molecule has 0 aromatic heterocycles. The number of hydrogen-bond donors (Lipinski definition) is 1. The van der Waals surface area contributed by atoms with Crippen molar-refractivity contribution in [1.82, 2.24) is 0 Å². The van der Waals surface area contributed by atoms with E-state index in [1.54, 1.807) is 0 Å². The van der Waals surface area contributed by atoms with Crippen LogP contribution in [-0.4, -0.2) is 26.4 Å². The highest BCUT2D eigenvalue weighted by Crippen LogP contribution is 2.22. The van der Waals surface area contributed by atoms with Crippen LogP contribution in [0.3, 0.4) is 0 Å². The molecule has 102 valence electrons. The molecule has 0 bridgehead atoms. The van der Waals surface area contributed by atoms with Crippen LogP contribution in [0, 0.1) is 0 Å². The zero-order valence-corrected chi connectivity index (χ0v) is 11.3. The third kappa shape index (κ3) is 5.38. The molecule has 1 aromatic carbocycles. The molecular weight excluding hydrogens is 230 g/mol. The maximum absolute atomic E-state index is 5.76. The maximum atomic E-state index is 5.76. The first kappa shape index (κ1) is 14.8. The molecule has 1 aromatic rings. The first-order chi connectivity index (χ1) is 8.77. The number of ether oxygens (including phenoxy) is 3. The van der Waals surface area contributed by atoms with E-state index >= 15 is 0 Å². The molecule has 18 heavy (non-hydrogen) atoms. The van der Waals surface area contributed by atoms with E-state index < -0.39 is 0 Å². The van der Waals surface area contributed by atoms with Gasteiger partial charge in [0.1, 0.15) is 5.75 Å². The summed E-state index contributed by atoms with van der Waals surface area (Å²) in [7, 11) is 0. The second-order valence-electron chi connectivity index (χ2n) is 3.97. The van der Waals surface area contributed by atoms with E-state index in [1.807, 2.05) is 25.1 Å². The molecule has 4 nitrogen and oxygen atoms in total. The minimum Gasteiger partial charge on any atom is -0.494 e. The summed E-state index contributed by atoms with van der Waals surface area (Å²) in [5.41, 5.74) is 7.46. The second-order valence-corrected chi connectivity index (χ2v) is 3.97. The van der Waals surface area contributed by atoms with Crippen LogP contribution in [0.2, 0.25) is 0 Å². The Morgan fingerprint density at radius 2 is 1.83 bits per heavy atom. The summed E-state index contributed by atoms with van der Waals surface area (Å²) in [6.45, 7) is 7.17. The third-order valence-electron chi connectivity index (χ3n) is 2.36. The highest BCUT2D eigenvalue weighted by Gasteiger charge is 2.04. The molecule has 0 fully saturated rings. The molecule has 0 atom stereocenters. The Morgan fingerprint density at radius 3 is 2.56 bits per heavy atom. The molecule has 0 amide bonds. The Hall–Kier alpha value is -1.26. The number of nitrogen functional groups attached to an aromatic ring is 1. The van der Waals surface area contributed by atoms with Gasteiger partial charge in [0.15, 0.2) is 0 Å². The largest absolute Gasteiger partial charge is 0.494 e. The summed E-state index contributed by atoms with van der Waals surface area (Å²) < 4.78 is 16.4. The Bertz CT molecular complexity index is 342. The normalized spacial score (nSPS) is 10.6. The van der Waals surface area contributed by atoms with Crippen molar-refractivity contribution in [1.29, 1.82) is 0 Å². The Labute approximate surface area is 109 Å². The van der Waals surface area contributed by atoms with E-state index in [0.29, 0.717) is 26.4 Å². The topological polar surface area (TPSA) is 53.7 Å². The fourth-order valence-corrected chi connectivity index (χ4v) is 1.55. The van der Waals surface area contributed by atoms with Gasteiger partial charge in [-0.3, -0.25) is 0 Å². The molecule has 0 radical (unpaired) electrons. The van der Waals surface area contributed by atoms with Crippen molar-refractivity contribution in [3.8, 4) is 5.75 Å². The average Bonchev–Trinajstić information content (AvgIpc) is 2.37. The summed E-state index contributed by atoms with van der Waals surface area (Å²) in [5, 5.41) is 0. The van der Waals surface area contributed by atoms with E-state index in [2.05, 4.69) is 6.92 Å². The fourth-order valence-electron chi connectivity index (χ4n) is 1.55. The first-order valence-corrected chi connectivity index (χ1v) is 6.44. The molecule has 4 heteroatoms. The van der Waals surface area contributed by atoms with E-state index in [1.165, 1.54) is 0 Å². The monoisotopic (exact) mass is 253 g/mol. The summed E-state index contributed by atoms with van der Waals surface area (Å²) in [6, 6.07) is 5.60. The molecular formula is C14H23NO3. The lowest BCUT2D eigenvalue weighted by Gasteiger charge is -2.11. The highest BCUT2D eigenvalue weighted by atomic mass is 16.5.